The van der Waals surface area contributed by atoms with Gasteiger partial charge in [0.05, 0.1) is 19.3 Å². The smallest absolute Gasteiger partial charge is 0.186 e. The normalized spacial score (nSPS) is 12.9. The molecule has 5 heteroatoms. The van der Waals surface area contributed by atoms with E-state index >= 15 is 0 Å². The Morgan fingerprint density at radius 2 is 2.06 bits per heavy atom. The second-order valence-corrected chi connectivity index (χ2v) is 3.14. The molecule has 0 saturated carbocycles. The minimum Gasteiger partial charge on any atom is -0.467 e. The molecule has 0 aliphatic heterocycles. The lowest BCUT2D eigenvalue weighted by Gasteiger charge is -2.05. The highest BCUT2D eigenvalue weighted by Gasteiger charge is 2.01. The Labute approximate surface area is 93.6 Å². The number of rotatable bonds is 6. The van der Waals surface area contributed by atoms with Crippen LogP contribution in [0.25, 0.3) is 0 Å². The van der Waals surface area contributed by atoms with Gasteiger partial charge in [-0.15, -0.1) is 0 Å². The number of nitrogens with zero attached hydrogens (tertiary/aromatic N) is 1. The molecule has 88 valence electrons. The number of benzene rings is 1. The molecule has 0 aliphatic carbocycles. The molecule has 1 unspecified atom stereocenters. The SMILES string of the molecule is OCOc1ccccc1C=NCC(O)CO. The number of hydrogen-bond donors (Lipinski definition) is 3. The van der Waals surface area contributed by atoms with E-state index < -0.39 is 12.9 Å². The van der Waals surface area contributed by atoms with Gasteiger partial charge in [0.15, 0.2) is 6.79 Å². The first-order valence-corrected chi connectivity index (χ1v) is 4.89. The summed E-state index contributed by atoms with van der Waals surface area (Å²) in [6.45, 7) is -0.583. The fraction of sp³-hybridized carbons (Fsp3) is 0.364. The lowest BCUT2D eigenvalue weighted by atomic mass is 10.2. The van der Waals surface area contributed by atoms with E-state index in [1.54, 1.807) is 18.2 Å². The Morgan fingerprint density at radius 1 is 1.31 bits per heavy atom. The van der Waals surface area contributed by atoms with Gasteiger partial charge in [-0.2, -0.15) is 0 Å². The molecule has 0 bridgehead atoms. The molecule has 0 radical (unpaired) electrons. The molecule has 0 aromatic heterocycles. The van der Waals surface area contributed by atoms with Gasteiger partial charge >= 0.3 is 0 Å². The van der Waals surface area contributed by atoms with Gasteiger partial charge < -0.3 is 20.1 Å². The zero-order valence-corrected chi connectivity index (χ0v) is 8.78. The summed E-state index contributed by atoms with van der Waals surface area (Å²) in [7, 11) is 0. The quantitative estimate of drug-likeness (QED) is 0.462. The van der Waals surface area contributed by atoms with Crippen molar-refractivity contribution < 1.29 is 20.1 Å². The number of hydrogen-bond acceptors (Lipinski definition) is 5. The van der Waals surface area contributed by atoms with Gasteiger partial charge in [0.1, 0.15) is 5.75 Å². The van der Waals surface area contributed by atoms with Crippen LogP contribution in [0.1, 0.15) is 5.56 Å². The Kier molecular flexibility index (Phi) is 5.49. The third-order valence-electron chi connectivity index (χ3n) is 1.90. The summed E-state index contributed by atoms with van der Waals surface area (Å²) in [5.74, 6) is 0.521. The van der Waals surface area contributed by atoms with Crippen LogP contribution < -0.4 is 4.74 Å². The number of ether oxygens (including phenoxy) is 1. The summed E-state index contributed by atoms with van der Waals surface area (Å²) in [6, 6.07) is 7.08. The van der Waals surface area contributed by atoms with Crippen molar-refractivity contribution in [3.63, 3.8) is 0 Å². The Hall–Kier alpha value is -1.43. The maximum atomic E-state index is 9.07. The van der Waals surface area contributed by atoms with Crippen LogP contribution in [0.5, 0.6) is 5.75 Å². The molecule has 0 heterocycles. The van der Waals surface area contributed by atoms with Gasteiger partial charge in [0.2, 0.25) is 0 Å². The topological polar surface area (TPSA) is 82.3 Å². The third-order valence-corrected chi connectivity index (χ3v) is 1.90. The maximum absolute atomic E-state index is 9.07. The highest BCUT2D eigenvalue weighted by molar-refractivity contribution is 5.83. The van der Waals surface area contributed by atoms with E-state index in [0.29, 0.717) is 11.3 Å². The van der Waals surface area contributed by atoms with Crippen LogP contribution in [0, 0.1) is 0 Å². The summed E-state index contributed by atoms with van der Waals surface area (Å²) in [5, 5.41) is 26.3. The molecule has 0 aliphatic rings. The Balaban J connectivity index is 2.64. The maximum Gasteiger partial charge on any atom is 0.186 e. The first kappa shape index (κ1) is 12.6. The number of aliphatic hydroxyl groups excluding tert-OH is 3. The van der Waals surface area contributed by atoms with Gasteiger partial charge in [-0.25, -0.2) is 0 Å². The molecule has 3 N–H and O–H groups in total. The van der Waals surface area contributed by atoms with Crippen molar-refractivity contribution in [1.29, 1.82) is 0 Å². The largest absolute Gasteiger partial charge is 0.467 e. The zero-order valence-electron chi connectivity index (χ0n) is 8.78. The molecule has 1 aromatic carbocycles. The second kappa shape index (κ2) is 6.95. The summed E-state index contributed by atoms with van der Waals surface area (Å²) in [4.78, 5) is 3.96. The average Bonchev–Trinajstić information content (AvgIpc) is 2.31. The highest BCUT2D eigenvalue weighted by Crippen LogP contribution is 2.15. The molecule has 0 spiro atoms. The van der Waals surface area contributed by atoms with Crippen molar-refractivity contribution in [1.82, 2.24) is 0 Å². The number of para-hydroxylation sites is 1. The van der Waals surface area contributed by atoms with E-state index in [0.717, 1.165) is 0 Å². The molecule has 0 fully saturated rings. The van der Waals surface area contributed by atoms with Crippen LogP contribution >= 0.6 is 0 Å². The minimum atomic E-state index is -0.845. The van der Waals surface area contributed by atoms with Crippen molar-refractivity contribution in [2.75, 3.05) is 19.9 Å². The Morgan fingerprint density at radius 3 is 2.75 bits per heavy atom. The van der Waals surface area contributed by atoms with E-state index in [4.69, 9.17) is 20.1 Å². The lowest BCUT2D eigenvalue weighted by molar-refractivity contribution is 0.0983. The molecule has 1 atom stereocenters. The predicted molar refractivity (Wildman–Crippen MR) is 59.7 cm³/mol. The van der Waals surface area contributed by atoms with E-state index in [1.165, 1.54) is 6.21 Å². The van der Waals surface area contributed by atoms with E-state index in [2.05, 4.69) is 4.99 Å². The van der Waals surface area contributed by atoms with E-state index in [9.17, 15) is 0 Å². The van der Waals surface area contributed by atoms with Crippen molar-refractivity contribution in [3.8, 4) is 5.75 Å². The van der Waals surface area contributed by atoms with Crippen molar-refractivity contribution in [2.24, 2.45) is 4.99 Å². The van der Waals surface area contributed by atoms with E-state index in [-0.39, 0.29) is 13.2 Å². The summed E-state index contributed by atoms with van der Waals surface area (Å²) >= 11 is 0. The van der Waals surface area contributed by atoms with Gasteiger partial charge in [-0.1, -0.05) is 12.1 Å². The summed E-state index contributed by atoms with van der Waals surface area (Å²) in [6.07, 6.45) is 0.686. The lowest BCUT2D eigenvalue weighted by Crippen LogP contribution is -2.15. The number of aliphatic imine (C=N–C) groups is 1. The van der Waals surface area contributed by atoms with Gasteiger partial charge in [0, 0.05) is 11.8 Å². The van der Waals surface area contributed by atoms with Gasteiger partial charge in [0.25, 0.3) is 0 Å². The first-order chi connectivity index (χ1) is 7.77. The van der Waals surface area contributed by atoms with Crippen LogP contribution in [0.3, 0.4) is 0 Å². The van der Waals surface area contributed by atoms with Crippen LogP contribution in [-0.4, -0.2) is 47.6 Å². The molecule has 1 aromatic rings. The molecule has 0 amide bonds. The first-order valence-electron chi connectivity index (χ1n) is 4.89. The van der Waals surface area contributed by atoms with Crippen LogP contribution in [0.4, 0.5) is 0 Å². The number of aliphatic hydroxyl groups is 3. The van der Waals surface area contributed by atoms with Gasteiger partial charge in [-0.3, -0.25) is 4.99 Å². The van der Waals surface area contributed by atoms with Crippen molar-refractivity contribution >= 4 is 6.21 Å². The van der Waals surface area contributed by atoms with Gasteiger partial charge in [-0.05, 0) is 12.1 Å². The highest BCUT2D eigenvalue weighted by atomic mass is 16.6. The van der Waals surface area contributed by atoms with Crippen molar-refractivity contribution in [2.45, 2.75) is 6.10 Å². The molecule has 1 rings (SSSR count). The Bertz CT molecular complexity index is 341. The monoisotopic (exact) mass is 225 g/mol. The fourth-order valence-electron chi connectivity index (χ4n) is 1.12. The summed E-state index contributed by atoms with van der Waals surface area (Å²) < 4.78 is 4.97. The molecule has 16 heavy (non-hydrogen) atoms. The van der Waals surface area contributed by atoms with Crippen LogP contribution in [0.15, 0.2) is 29.3 Å². The summed E-state index contributed by atoms with van der Waals surface area (Å²) in [5.41, 5.74) is 0.710. The average molecular weight is 225 g/mol. The molecule has 5 nitrogen and oxygen atoms in total. The predicted octanol–water partition coefficient (Wildman–Crippen LogP) is -0.213. The van der Waals surface area contributed by atoms with E-state index in [1.807, 2.05) is 6.07 Å². The fourth-order valence-corrected chi connectivity index (χ4v) is 1.12. The van der Waals surface area contributed by atoms with Crippen LogP contribution in [-0.2, 0) is 0 Å². The molecular weight excluding hydrogens is 210 g/mol. The standard InChI is InChI=1S/C11H15NO4/c13-7-10(15)6-12-5-9-3-1-2-4-11(9)16-8-14/h1-5,10,13-15H,6-8H2. The zero-order chi connectivity index (χ0) is 11.8. The van der Waals surface area contributed by atoms with Crippen molar-refractivity contribution in [3.05, 3.63) is 29.8 Å². The molecule has 0 saturated heterocycles. The third kappa shape index (κ3) is 3.98. The minimum absolute atomic E-state index is 0.129. The molecular formula is C11H15NO4. The second-order valence-electron chi connectivity index (χ2n) is 3.14. The van der Waals surface area contributed by atoms with Crippen LogP contribution in [0.2, 0.25) is 0 Å².